The molecule has 88 valence electrons. The number of nitrogen functional groups attached to an aromatic ring is 1. The topological polar surface area (TPSA) is 73.1 Å². The Balaban J connectivity index is 2.25. The van der Waals surface area contributed by atoms with Crippen LogP contribution < -0.4 is 16.0 Å². The van der Waals surface area contributed by atoms with E-state index in [0.717, 1.165) is 0 Å². The van der Waals surface area contributed by atoms with Crippen molar-refractivity contribution in [2.24, 2.45) is 5.84 Å². The Morgan fingerprint density at radius 2 is 1.88 bits per heavy atom. The van der Waals surface area contributed by atoms with Crippen molar-refractivity contribution in [3.8, 4) is 11.6 Å². The second-order valence-corrected chi connectivity index (χ2v) is 3.89. The number of nitrogens with one attached hydrogen (secondary N) is 1. The van der Waals surface area contributed by atoms with Crippen molar-refractivity contribution in [3.63, 3.8) is 0 Å². The molecule has 0 aliphatic carbocycles. The molecule has 2 rings (SSSR count). The van der Waals surface area contributed by atoms with E-state index >= 15 is 0 Å². The van der Waals surface area contributed by atoms with E-state index in [2.05, 4.69) is 15.4 Å². The summed E-state index contributed by atoms with van der Waals surface area (Å²) in [4.78, 5) is 7.81. The van der Waals surface area contributed by atoms with Crippen LogP contribution in [-0.2, 0) is 0 Å². The van der Waals surface area contributed by atoms with Crippen molar-refractivity contribution in [1.82, 2.24) is 9.97 Å². The van der Waals surface area contributed by atoms with Crippen LogP contribution in [0.3, 0.4) is 0 Å². The molecule has 0 bridgehead atoms. The summed E-state index contributed by atoms with van der Waals surface area (Å²) in [5.41, 5.74) is 2.31. The highest BCUT2D eigenvalue weighted by Gasteiger charge is 2.07. The third-order valence-corrected chi connectivity index (χ3v) is 2.38. The van der Waals surface area contributed by atoms with Gasteiger partial charge in [-0.15, -0.1) is 0 Å². The highest BCUT2D eigenvalue weighted by atomic mass is 35.5. The van der Waals surface area contributed by atoms with Crippen LogP contribution >= 0.6 is 23.2 Å². The molecule has 0 atom stereocenters. The lowest BCUT2D eigenvalue weighted by Gasteiger charge is -2.07. The molecule has 5 nitrogen and oxygen atoms in total. The van der Waals surface area contributed by atoms with Gasteiger partial charge >= 0.3 is 0 Å². The predicted molar refractivity (Wildman–Crippen MR) is 66.4 cm³/mol. The van der Waals surface area contributed by atoms with E-state index < -0.39 is 0 Å². The Bertz CT molecular complexity index is 518. The molecular formula is C10H8Cl2N4O. The molecule has 1 aromatic heterocycles. The fraction of sp³-hybridized carbons (Fsp3) is 0. The van der Waals surface area contributed by atoms with Crippen LogP contribution in [0.4, 0.5) is 5.95 Å². The Morgan fingerprint density at radius 3 is 2.53 bits per heavy atom. The molecule has 0 unspecified atom stereocenters. The van der Waals surface area contributed by atoms with Crippen molar-refractivity contribution >= 4 is 29.2 Å². The van der Waals surface area contributed by atoms with Gasteiger partial charge in [0.15, 0.2) is 0 Å². The van der Waals surface area contributed by atoms with Gasteiger partial charge in [-0.2, -0.15) is 4.98 Å². The molecule has 0 spiro atoms. The minimum atomic E-state index is 0.219. The van der Waals surface area contributed by atoms with Crippen LogP contribution in [0.1, 0.15) is 0 Å². The Morgan fingerprint density at radius 1 is 1.18 bits per heavy atom. The minimum absolute atomic E-state index is 0.219. The molecule has 0 aliphatic rings. The van der Waals surface area contributed by atoms with Gasteiger partial charge in [0, 0.05) is 5.02 Å². The first kappa shape index (κ1) is 11.9. The van der Waals surface area contributed by atoms with E-state index in [-0.39, 0.29) is 11.8 Å². The van der Waals surface area contributed by atoms with E-state index in [1.807, 2.05) is 0 Å². The van der Waals surface area contributed by atoms with Gasteiger partial charge < -0.3 is 4.74 Å². The zero-order valence-corrected chi connectivity index (χ0v) is 10.0. The summed E-state index contributed by atoms with van der Waals surface area (Å²) in [5.74, 6) is 6.20. The molecule has 17 heavy (non-hydrogen) atoms. The zero-order valence-electron chi connectivity index (χ0n) is 8.52. The molecule has 1 aromatic carbocycles. The molecule has 0 fully saturated rings. The summed E-state index contributed by atoms with van der Waals surface area (Å²) >= 11 is 11.6. The highest BCUT2D eigenvalue weighted by Crippen LogP contribution is 2.27. The monoisotopic (exact) mass is 270 g/mol. The maximum Gasteiger partial charge on any atom is 0.243 e. The SMILES string of the molecule is NNc1ncc(Cl)c(Oc2ccc(Cl)cc2)n1. The van der Waals surface area contributed by atoms with Crippen LogP contribution in [0, 0.1) is 0 Å². The number of halogens is 2. The molecule has 0 amide bonds. The largest absolute Gasteiger partial charge is 0.437 e. The van der Waals surface area contributed by atoms with Crippen molar-refractivity contribution in [2.75, 3.05) is 5.43 Å². The van der Waals surface area contributed by atoms with Crippen LogP contribution in [0.2, 0.25) is 10.0 Å². The number of nitrogens with two attached hydrogens (primary N) is 1. The van der Waals surface area contributed by atoms with Gasteiger partial charge in [-0.05, 0) is 24.3 Å². The fourth-order valence-corrected chi connectivity index (χ4v) is 1.36. The number of rotatable bonds is 3. The first-order valence-corrected chi connectivity index (χ1v) is 5.37. The van der Waals surface area contributed by atoms with Gasteiger partial charge in [0.05, 0.1) is 6.20 Å². The number of aromatic nitrogens is 2. The average Bonchev–Trinajstić information content (AvgIpc) is 2.35. The molecular weight excluding hydrogens is 263 g/mol. The lowest BCUT2D eigenvalue weighted by Crippen LogP contribution is -2.10. The first-order chi connectivity index (χ1) is 8.19. The van der Waals surface area contributed by atoms with E-state index in [4.69, 9.17) is 33.8 Å². The van der Waals surface area contributed by atoms with Gasteiger partial charge in [-0.1, -0.05) is 23.2 Å². The molecule has 0 aliphatic heterocycles. The Hall–Kier alpha value is -1.56. The van der Waals surface area contributed by atoms with E-state index in [1.165, 1.54) is 6.20 Å². The van der Waals surface area contributed by atoms with Gasteiger partial charge in [-0.25, -0.2) is 10.8 Å². The van der Waals surface area contributed by atoms with Gasteiger partial charge in [0.25, 0.3) is 0 Å². The molecule has 0 saturated carbocycles. The average molecular weight is 271 g/mol. The molecule has 1 heterocycles. The quantitative estimate of drug-likeness (QED) is 0.663. The van der Waals surface area contributed by atoms with Gasteiger partial charge in [-0.3, -0.25) is 5.43 Å². The molecule has 3 N–H and O–H groups in total. The molecule has 0 radical (unpaired) electrons. The minimum Gasteiger partial charge on any atom is -0.437 e. The third-order valence-electron chi connectivity index (χ3n) is 1.87. The summed E-state index contributed by atoms with van der Waals surface area (Å²) in [6.07, 6.45) is 1.40. The summed E-state index contributed by atoms with van der Waals surface area (Å²) in [6, 6.07) is 6.81. The van der Waals surface area contributed by atoms with Crippen molar-refractivity contribution in [2.45, 2.75) is 0 Å². The lowest BCUT2D eigenvalue weighted by molar-refractivity contribution is 0.462. The third kappa shape index (κ3) is 2.97. The second-order valence-electron chi connectivity index (χ2n) is 3.05. The van der Waals surface area contributed by atoms with E-state index in [9.17, 15) is 0 Å². The Labute approximate surface area is 108 Å². The number of hydrazine groups is 1. The molecule has 7 heteroatoms. The number of hydrogen-bond acceptors (Lipinski definition) is 5. The number of anilines is 1. The van der Waals surface area contributed by atoms with Gasteiger partial charge in [0.1, 0.15) is 10.8 Å². The Kier molecular flexibility index (Phi) is 3.63. The van der Waals surface area contributed by atoms with Crippen LogP contribution in [-0.4, -0.2) is 9.97 Å². The van der Waals surface area contributed by atoms with Crippen LogP contribution in [0.15, 0.2) is 30.5 Å². The van der Waals surface area contributed by atoms with Crippen molar-refractivity contribution in [1.29, 1.82) is 0 Å². The first-order valence-electron chi connectivity index (χ1n) is 4.61. The summed E-state index contributed by atoms with van der Waals surface area (Å²) in [7, 11) is 0. The fourth-order valence-electron chi connectivity index (χ4n) is 1.11. The predicted octanol–water partition coefficient (Wildman–Crippen LogP) is 2.86. The molecule has 0 saturated heterocycles. The van der Waals surface area contributed by atoms with Gasteiger partial charge in [0.2, 0.25) is 11.8 Å². The van der Waals surface area contributed by atoms with Crippen LogP contribution in [0.5, 0.6) is 11.6 Å². The number of benzene rings is 1. The zero-order chi connectivity index (χ0) is 12.3. The second kappa shape index (κ2) is 5.18. The van der Waals surface area contributed by atoms with Crippen LogP contribution in [0.25, 0.3) is 0 Å². The van der Waals surface area contributed by atoms with Crippen molar-refractivity contribution < 1.29 is 4.74 Å². The summed E-state index contributed by atoms with van der Waals surface area (Å²) in [5, 5.41) is 0.911. The number of nitrogens with zero attached hydrogens (tertiary/aromatic N) is 2. The maximum absolute atomic E-state index is 5.89. The normalized spacial score (nSPS) is 10.1. The maximum atomic E-state index is 5.89. The van der Waals surface area contributed by atoms with Crippen molar-refractivity contribution in [3.05, 3.63) is 40.5 Å². The summed E-state index contributed by atoms with van der Waals surface area (Å²) < 4.78 is 5.47. The lowest BCUT2D eigenvalue weighted by atomic mass is 10.3. The van der Waals surface area contributed by atoms with E-state index in [1.54, 1.807) is 24.3 Å². The number of ether oxygens (including phenoxy) is 1. The molecule has 2 aromatic rings. The van der Waals surface area contributed by atoms with E-state index in [0.29, 0.717) is 15.8 Å². The highest BCUT2D eigenvalue weighted by molar-refractivity contribution is 6.31. The number of hydrogen-bond donors (Lipinski definition) is 2. The smallest absolute Gasteiger partial charge is 0.243 e. The standard InChI is InChI=1S/C10H8Cl2N4O/c11-6-1-3-7(4-2-6)17-9-8(12)5-14-10(15-9)16-13/h1-5H,13H2,(H,14,15,16). The summed E-state index contributed by atoms with van der Waals surface area (Å²) in [6.45, 7) is 0.